The van der Waals surface area contributed by atoms with Crippen molar-refractivity contribution < 1.29 is 0 Å². The molecule has 0 saturated carbocycles. The van der Waals surface area contributed by atoms with Gasteiger partial charge in [0.25, 0.3) is 0 Å². The Hall–Kier alpha value is -1.08. The van der Waals surface area contributed by atoms with Crippen molar-refractivity contribution >= 4 is 0 Å². The van der Waals surface area contributed by atoms with E-state index in [0.29, 0.717) is 6.54 Å². The van der Waals surface area contributed by atoms with E-state index in [1.54, 1.807) is 0 Å². The van der Waals surface area contributed by atoms with Crippen molar-refractivity contribution in [3.05, 3.63) is 47.1 Å². The normalized spacial score (nSPS) is 17.9. The van der Waals surface area contributed by atoms with Gasteiger partial charge in [-0.05, 0) is 37.3 Å². The third-order valence-corrected chi connectivity index (χ3v) is 2.78. The maximum absolute atomic E-state index is 5.61. The van der Waals surface area contributed by atoms with Crippen molar-refractivity contribution in [3.8, 4) is 0 Å². The summed E-state index contributed by atoms with van der Waals surface area (Å²) in [5, 5.41) is 0. The summed E-state index contributed by atoms with van der Waals surface area (Å²) in [7, 11) is 0. The van der Waals surface area contributed by atoms with Crippen molar-refractivity contribution in [2.75, 3.05) is 6.54 Å². The van der Waals surface area contributed by atoms with Gasteiger partial charge in [-0.15, -0.1) is 0 Å². The van der Waals surface area contributed by atoms with Crippen molar-refractivity contribution in [1.82, 2.24) is 0 Å². The van der Waals surface area contributed by atoms with Gasteiger partial charge in [-0.1, -0.05) is 42.9 Å². The second-order valence-corrected chi connectivity index (χ2v) is 3.79. The summed E-state index contributed by atoms with van der Waals surface area (Å²) in [6.45, 7) is 4.95. The van der Waals surface area contributed by atoms with E-state index in [1.807, 2.05) is 6.92 Å². The lowest BCUT2D eigenvalue weighted by molar-refractivity contribution is 0.866. The molecule has 0 fully saturated rings. The zero-order valence-electron chi connectivity index (χ0n) is 9.79. The average Bonchev–Trinajstić information content (AvgIpc) is 2.31. The van der Waals surface area contributed by atoms with Crippen molar-refractivity contribution in [3.63, 3.8) is 0 Å². The lowest BCUT2D eigenvalue weighted by Gasteiger charge is -2.15. The molecule has 1 nitrogen and oxygen atoms in total. The van der Waals surface area contributed by atoms with Gasteiger partial charge in [-0.2, -0.15) is 0 Å². The van der Waals surface area contributed by atoms with Gasteiger partial charge in [0, 0.05) is 6.54 Å². The zero-order chi connectivity index (χ0) is 11.1. The largest absolute Gasteiger partial charge is 0.327 e. The Bertz CT molecular complexity index is 316. The summed E-state index contributed by atoms with van der Waals surface area (Å²) in [4.78, 5) is 0. The van der Waals surface area contributed by atoms with E-state index in [9.17, 15) is 0 Å². The molecule has 0 bridgehead atoms. The average molecular weight is 203 g/mol. The van der Waals surface area contributed by atoms with Gasteiger partial charge < -0.3 is 5.73 Å². The zero-order valence-corrected chi connectivity index (χ0v) is 9.79. The van der Waals surface area contributed by atoms with E-state index in [4.69, 9.17) is 5.73 Å². The molecule has 0 saturated heterocycles. The minimum atomic E-state index is 0.698. The Balaban J connectivity index is 2.79. The van der Waals surface area contributed by atoms with Crippen LogP contribution in [0.5, 0.6) is 0 Å². The molecule has 0 atom stereocenters. The number of rotatable bonds is 4. The molecular weight excluding hydrogens is 182 g/mol. The fraction of sp³-hybridized carbons (Fsp3) is 0.429. The van der Waals surface area contributed by atoms with Gasteiger partial charge in [0.05, 0.1) is 0 Å². The highest BCUT2D eigenvalue weighted by Gasteiger charge is 2.07. The Labute approximate surface area is 93.1 Å². The standard InChI is InChI=1S/C14H21N/c1-3-5-6-13(4-2)14-9-7-12(11-15)8-10-14/h3,5-7,9H,4,8,10-11,15H2,1-2H3/b5-3-,13-6+. The summed E-state index contributed by atoms with van der Waals surface area (Å²) in [6.07, 6.45) is 14.2. The van der Waals surface area contributed by atoms with Crippen LogP contribution in [-0.4, -0.2) is 6.54 Å². The van der Waals surface area contributed by atoms with E-state index >= 15 is 0 Å². The second kappa shape index (κ2) is 6.41. The fourth-order valence-electron chi connectivity index (χ4n) is 1.78. The molecule has 82 valence electrons. The summed E-state index contributed by atoms with van der Waals surface area (Å²) < 4.78 is 0. The summed E-state index contributed by atoms with van der Waals surface area (Å²) in [5.41, 5.74) is 9.89. The summed E-state index contributed by atoms with van der Waals surface area (Å²) in [5.74, 6) is 0. The molecule has 0 heterocycles. The van der Waals surface area contributed by atoms with Gasteiger partial charge in [0.1, 0.15) is 0 Å². The number of nitrogens with two attached hydrogens (primary N) is 1. The molecule has 0 aromatic carbocycles. The molecule has 1 aliphatic rings. The predicted molar refractivity (Wildman–Crippen MR) is 67.6 cm³/mol. The van der Waals surface area contributed by atoms with E-state index in [-0.39, 0.29) is 0 Å². The van der Waals surface area contributed by atoms with Crippen molar-refractivity contribution in [2.45, 2.75) is 33.1 Å². The van der Waals surface area contributed by atoms with Gasteiger partial charge in [-0.3, -0.25) is 0 Å². The van der Waals surface area contributed by atoms with Crippen LogP contribution >= 0.6 is 0 Å². The Morgan fingerprint density at radius 1 is 1.40 bits per heavy atom. The molecular formula is C14H21N. The first-order chi connectivity index (χ1) is 7.31. The minimum Gasteiger partial charge on any atom is -0.327 e. The third-order valence-electron chi connectivity index (χ3n) is 2.78. The molecule has 0 amide bonds. The molecule has 1 heteroatoms. The van der Waals surface area contributed by atoms with Crippen LogP contribution in [0.4, 0.5) is 0 Å². The van der Waals surface area contributed by atoms with E-state index in [0.717, 1.165) is 19.3 Å². The van der Waals surface area contributed by atoms with Gasteiger partial charge >= 0.3 is 0 Å². The minimum absolute atomic E-state index is 0.698. The molecule has 0 unspecified atom stereocenters. The number of hydrogen-bond acceptors (Lipinski definition) is 1. The third kappa shape index (κ3) is 3.52. The quantitative estimate of drug-likeness (QED) is 0.695. The number of allylic oxidation sites excluding steroid dienone is 7. The van der Waals surface area contributed by atoms with Gasteiger partial charge in [0.2, 0.25) is 0 Å². The summed E-state index contributed by atoms with van der Waals surface area (Å²) in [6, 6.07) is 0. The SMILES string of the molecule is C/C=C\C=C(/CC)C1=CC=C(CN)CC1. The molecule has 1 rings (SSSR count). The molecule has 0 aliphatic heterocycles. The first-order valence-corrected chi connectivity index (χ1v) is 5.72. The Kier molecular flexibility index (Phi) is 5.13. The molecule has 0 aromatic rings. The maximum Gasteiger partial charge on any atom is 0.0140 e. The van der Waals surface area contributed by atoms with Crippen LogP contribution in [0.15, 0.2) is 47.1 Å². The van der Waals surface area contributed by atoms with Crippen LogP contribution in [-0.2, 0) is 0 Å². The smallest absolute Gasteiger partial charge is 0.0140 e. The second-order valence-electron chi connectivity index (χ2n) is 3.79. The van der Waals surface area contributed by atoms with Crippen LogP contribution in [0.2, 0.25) is 0 Å². The van der Waals surface area contributed by atoms with Gasteiger partial charge in [0.15, 0.2) is 0 Å². The highest BCUT2D eigenvalue weighted by molar-refractivity contribution is 5.39. The first kappa shape index (κ1) is 12.0. The Morgan fingerprint density at radius 3 is 2.67 bits per heavy atom. The van der Waals surface area contributed by atoms with Crippen LogP contribution in [0, 0.1) is 0 Å². The van der Waals surface area contributed by atoms with Crippen LogP contribution in [0.25, 0.3) is 0 Å². The molecule has 0 radical (unpaired) electrons. The van der Waals surface area contributed by atoms with E-state index < -0.39 is 0 Å². The highest BCUT2D eigenvalue weighted by atomic mass is 14.5. The van der Waals surface area contributed by atoms with Crippen LogP contribution in [0.1, 0.15) is 33.1 Å². The molecule has 15 heavy (non-hydrogen) atoms. The first-order valence-electron chi connectivity index (χ1n) is 5.72. The summed E-state index contributed by atoms with van der Waals surface area (Å²) >= 11 is 0. The molecule has 0 spiro atoms. The monoisotopic (exact) mass is 203 g/mol. The van der Waals surface area contributed by atoms with Crippen LogP contribution in [0.3, 0.4) is 0 Å². The van der Waals surface area contributed by atoms with Crippen molar-refractivity contribution in [2.24, 2.45) is 5.73 Å². The Morgan fingerprint density at radius 2 is 2.20 bits per heavy atom. The lowest BCUT2D eigenvalue weighted by atomic mass is 9.91. The topological polar surface area (TPSA) is 26.0 Å². The lowest BCUT2D eigenvalue weighted by Crippen LogP contribution is -2.06. The number of hydrogen-bond donors (Lipinski definition) is 1. The predicted octanol–water partition coefficient (Wildman–Crippen LogP) is 3.50. The maximum atomic E-state index is 5.61. The van der Waals surface area contributed by atoms with E-state index in [1.165, 1.54) is 16.7 Å². The highest BCUT2D eigenvalue weighted by Crippen LogP contribution is 2.25. The van der Waals surface area contributed by atoms with Gasteiger partial charge in [-0.25, -0.2) is 0 Å². The molecule has 1 aliphatic carbocycles. The fourth-order valence-corrected chi connectivity index (χ4v) is 1.78. The molecule has 2 N–H and O–H groups in total. The van der Waals surface area contributed by atoms with Crippen molar-refractivity contribution in [1.29, 1.82) is 0 Å². The van der Waals surface area contributed by atoms with Crippen LogP contribution < -0.4 is 5.73 Å². The molecule has 0 aromatic heterocycles. The van der Waals surface area contributed by atoms with E-state index in [2.05, 4.69) is 37.3 Å².